The number of piperidine rings is 1. The summed E-state index contributed by atoms with van der Waals surface area (Å²) in [6.07, 6.45) is 3.89. The van der Waals surface area contributed by atoms with Gasteiger partial charge in [0.25, 0.3) is 0 Å². The molecule has 1 unspecified atom stereocenters. The quantitative estimate of drug-likeness (QED) is 0.799. The minimum Gasteiger partial charge on any atom is -0.477 e. The summed E-state index contributed by atoms with van der Waals surface area (Å²) in [5.41, 5.74) is 5.62. The monoisotopic (exact) mass is 235 g/mol. The summed E-state index contributed by atoms with van der Waals surface area (Å²) in [5.74, 6) is 0.520. The van der Waals surface area contributed by atoms with E-state index in [0.717, 1.165) is 13.1 Å². The van der Waals surface area contributed by atoms with Crippen molar-refractivity contribution in [2.45, 2.75) is 12.8 Å². The van der Waals surface area contributed by atoms with Crippen LogP contribution >= 0.6 is 0 Å². The molecule has 5 nitrogen and oxygen atoms in total. The van der Waals surface area contributed by atoms with Crippen molar-refractivity contribution in [3.63, 3.8) is 0 Å². The van der Waals surface area contributed by atoms with Crippen LogP contribution in [0.25, 0.3) is 0 Å². The molecule has 0 bridgehead atoms. The smallest absolute Gasteiger partial charge is 0.248 e. The van der Waals surface area contributed by atoms with Gasteiger partial charge in [-0.1, -0.05) is 0 Å². The molecule has 1 aliphatic rings. The molecule has 1 atom stereocenters. The summed E-state index contributed by atoms with van der Waals surface area (Å²) >= 11 is 0. The molecule has 3 N–H and O–H groups in total. The number of carbonyl (C=O) groups excluding carboxylic acids is 1. The number of hydrogen-bond acceptors (Lipinski definition) is 4. The molecule has 1 fully saturated rings. The first-order chi connectivity index (χ1) is 8.25. The molecule has 1 aromatic rings. The van der Waals surface area contributed by atoms with Crippen LogP contribution in [0.15, 0.2) is 18.3 Å². The lowest BCUT2D eigenvalue weighted by Gasteiger charge is -2.22. The molecule has 0 radical (unpaired) electrons. The zero-order chi connectivity index (χ0) is 12.1. The van der Waals surface area contributed by atoms with Crippen LogP contribution in [-0.2, 0) is 0 Å². The van der Waals surface area contributed by atoms with E-state index in [4.69, 9.17) is 10.5 Å². The number of rotatable bonds is 4. The molecule has 2 rings (SSSR count). The number of nitrogens with zero attached hydrogens (tertiary/aromatic N) is 1. The molecule has 92 valence electrons. The Morgan fingerprint density at radius 1 is 1.65 bits per heavy atom. The molecular weight excluding hydrogens is 218 g/mol. The maximum Gasteiger partial charge on any atom is 0.248 e. The summed E-state index contributed by atoms with van der Waals surface area (Å²) in [4.78, 5) is 15.0. The number of carbonyl (C=O) groups is 1. The Hall–Kier alpha value is -1.62. The Bertz CT molecular complexity index is 389. The molecule has 0 saturated carbocycles. The van der Waals surface area contributed by atoms with Gasteiger partial charge in [0.2, 0.25) is 11.8 Å². The van der Waals surface area contributed by atoms with Crippen LogP contribution in [0, 0.1) is 5.92 Å². The summed E-state index contributed by atoms with van der Waals surface area (Å²) in [6.45, 7) is 2.70. The predicted octanol–water partition coefficient (Wildman–Crippen LogP) is 0.559. The van der Waals surface area contributed by atoms with Gasteiger partial charge in [-0.15, -0.1) is 0 Å². The SMILES string of the molecule is NC(=O)c1ccnc(OCC2CCCNC2)c1. The van der Waals surface area contributed by atoms with Gasteiger partial charge in [0.05, 0.1) is 6.61 Å². The van der Waals surface area contributed by atoms with E-state index in [2.05, 4.69) is 10.3 Å². The topological polar surface area (TPSA) is 77.2 Å². The van der Waals surface area contributed by atoms with Crippen LogP contribution in [0.4, 0.5) is 0 Å². The molecule has 1 saturated heterocycles. The Labute approximate surface area is 100 Å². The van der Waals surface area contributed by atoms with Gasteiger partial charge >= 0.3 is 0 Å². The number of primary amides is 1. The van der Waals surface area contributed by atoms with E-state index >= 15 is 0 Å². The maximum atomic E-state index is 11.0. The Morgan fingerprint density at radius 2 is 2.53 bits per heavy atom. The van der Waals surface area contributed by atoms with Crippen molar-refractivity contribution in [3.05, 3.63) is 23.9 Å². The Morgan fingerprint density at radius 3 is 3.24 bits per heavy atom. The Balaban J connectivity index is 1.89. The van der Waals surface area contributed by atoms with Gasteiger partial charge in [0, 0.05) is 30.3 Å². The van der Waals surface area contributed by atoms with E-state index < -0.39 is 5.91 Å². The lowest BCUT2D eigenvalue weighted by Crippen LogP contribution is -2.33. The minimum absolute atomic E-state index is 0.428. The van der Waals surface area contributed by atoms with Gasteiger partial charge in [-0.05, 0) is 25.5 Å². The highest BCUT2D eigenvalue weighted by Gasteiger charge is 2.14. The van der Waals surface area contributed by atoms with Gasteiger partial charge in [-0.25, -0.2) is 4.98 Å². The second kappa shape index (κ2) is 5.63. The van der Waals surface area contributed by atoms with Gasteiger partial charge in [-0.2, -0.15) is 0 Å². The van der Waals surface area contributed by atoms with Crippen molar-refractivity contribution in [1.82, 2.24) is 10.3 Å². The first-order valence-corrected chi connectivity index (χ1v) is 5.85. The van der Waals surface area contributed by atoms with E-state index in [0.29, 0.717) is 24.0 Å². The third-order valence-corrected chi connectivity index (χ3v) is 2.89. The van der Waals surface area contributed by atoms with Crippen LogP contribution in [0.2, 0.25) is 0 Å². The molecule has 17 heavy (non-hydrogen) atoms. The highest BCUT2D eigenvalue weighted by Crippen LogP contribution is 2.14. The van der Waals surface area contributed by atoms with Gasteiger partial charge in [0.15, 0.2) is 0 Å². The average molecular weight is 235 g/mol. The Kier molecular flexibility index (Phi) is 3.93. The predicted molar refractivity (Wildman–Crippen MR) is 63.8 cm³/mol. The molecule has 1 aliphatic heterocycles. The first-order valence-electron chi connectivity index (χ1n) is 5.85. The second-order valence-corrected chi connectivity index (χ2v) is 4.27. The number of nitrogens with one attached hydrogen (secondary N) is 1. The highest BCUT2D eigenvalue weighted by molar-refractivity contribution is 5.92. The van der Waals surface area contributed by atoms with Crippen molar-refractivity contribution < 1.29 is 9.53 Å². The van der Waals surface area contributed by atoms with Crippen LogP contribution in [0.1, 0.15) is 23.2 Å². The van der Waals surface area contributed by atoms with E-state index in [1.807, 2.05) is 0 Å². The standard InChI is InChI=1S/C12H17N3O2/c13-12(16)10-3-5-15-11(6-10)17-8-9-2-1-4-14-7-9/h3,5-6,9,14H,1-2,4,7-8H2,(H2,13,16). The molecule has 0 aromatic carbocycles. The average Bonchev–Trinajstić information content (AvgIpc) is 2.38. The number of ether oxygens (including phenoxy) is 1. The van der Waals surface area contributed by atoms with Crippen LogP contribution in [0.3, 0.4) is 0 Å². The molecule has 5 heteroatoms. The summed E-state index contributed by atoms with van der Waals surface area (Å²) in [5, 5.41) is 3.33. The normalized spacial score (nSPS) is 19.9. The number of amides is 1. The lowest BCUT2D eigenvalue weighted by molar-refractivity contribution is 0.0999. The largest absolute Gasteiger partial charge is 0.477 e. The fraction of sp³-hybridized carbons (Fsp3) is 0.500. The zero-order valence-electron chi connectivity index (χ0n) is 9.69. The minimum atomic E-state index is -0.461. The number of hydrogen-bond donors (Lipinski definition) is 2. The lowest BCUT2D eigenvalue weighted by atomic mass is 10.0. The first kappa shape index (κ1) is 11.9. The summed E-state index contributed by atoms with van der Waals surface area (Å²) in [7, 11) is 0. The third-order valence-electron chi connectivity index (χ3n) is 2.89. The second-order valence-electron chi connectivity index (χ2n) is 4.27. The van der Waals surface area contributed by atoms with Gasteiger partial charge < -0.3 is 15.8 Å². The third kappa shape index (κ3) is 3.42. The van der Waals surface area contributed by atoms with Crippen molar-refractivity contribution in [2.24, 2.45) is 11.7 Å². The molecular formula is C12H17N3O2. The van der Waals surface area contributed by atoms with Crippen LogP contribution in [0.5, 0.6) is 5.88 Å². The van der Waals surface area contributed by atoms with Crippen molar-refractivity contribution in [2.75, 3.05) is 19.7 Å². The van der Waals surface area contributed by atoms with Crippen molar-refractivity contribution in [1.29, 1.82) is 0 Å². The van der Waals surface area contributed by atoms with Crippen molar-refractivity contribution >= 4 is 5.91 Å². The molecule has 1 amide bonds. The molecule has 0 spiro atoms. The molecule has 2 heterocycles. The van der Waals surface area contributed by atoms with E-state index in [1.165, 1.54) is 19.0 Å². The van der Waals surface area contributed by atoms with Crippen LogP contribution in [-0.4, -0.2) is 30.6 Å². The number of pyridine rings is 1. The summed E-state index contributed by atoms with van der Waals surface area (Å²) in [6, 6.07) is 3.16. The number of nitrogens with two attached hydrogens (primary N) is 1. The fourth-order valence-corrected chi connectivity index (χ4v) is 1.91. The fourth-order valence-electron chi connectivity index (χ4n) is 1.91. The maximum absolute atomic E-state index is 11.0. The zero-order valence-corrected chi connectivity index (χ0v) is 9.69. The van der Waals surface area contributed by atoms with E-state index in [-0.39, 0.29) is 0 Å². The highest BCUT2D eigenvalue weighted by atomic mass is 16.5. The van der Waals surface area contributed by atoms with Crippen LogP contribution < -0.4 is 15.8 Å². The van der Waals surface area contributed by atoms with Gasteiger partial charge in [-0.3, -0.25) is 4.79 Å². The van der Waals surface area contributed by atoms with Gasteiger partial charge in [0.1, 0.15) is 0 Å². The molecule has 0 aliphatic carbocycles. The summed E-state index contributed by atoms with van der Waals surface area (Å²) < 4.78 is 5.58. The van der Waals surface area contributed by atoms with Crippen molar-refractivity contribution in [3.8, 4) is 5.88 Å². The number of aromatic nitrogens is 1. The molecule has 1 aromatic heterocycles. The van der Waals surface area contributed by atoms with E-state index in [1.54, 1.807) is 12.1 Å². The van der Waals surface area contributed by atoms with E-state index in [9.17, 15) is 4.79 Å².